The van der Waals surface area contributed by atoms with Crippen LogP contribution in [0.4, 0.5) is 0 Å². The normalized spacial score (nSPS) is 53.8. The van der Waals surface area contributed by atoms with E-state index in [1.54, 1.807) is 0 Å². The molecule has 17 heavy (non-hydrogen) atoms. The highest BCUT2D eigenvalue weighted by atomic mass is 16.6. The Morgan fingerprint density at radius 3 is 2.88 bits per heavy atom. The van der Waals surface area contributed by atoms with Crippen molar-refractivity contribution < 1.29 is 9.53 Å². The largest absolute Gasteiger partial charge is 0.462 e. The van der Waals surface area contributed by atoms with Gasteiger partial charge in [-0.25, -0.2) is 0 Å². The molecule has 2 nitrogen and oxygen atoms in total. The molecule has 0 aromatic carbocycles. The van der Waals surface area contributed by atoms with Crippen LogP contribution in [0.25, 0.3) is 0 Å². The molecule has 3 rings (SSSR count). The summed E-state index contributed by atoms with van der Waals surface area (Å²) in [6, 6.07) is 0. The van der Waals surface area contributed by atoms with E-state index >= 15 is 0 Å². The number of ether oxygens (including phenoxy) is 1. The number of fused-ring (bicyclic) bond motifs is 2. The van der Waals surface area contributed by atoms with Gasteiger partial charge in [-0.05, 0) is 36.5 Å². The maximum Gasteiger partial charge on any atom is 0.309 e. The van der Waals surface area contributed by atoms with Crippen LogP contribution in [0.1, 0.15) is 52.9 Å². The van der Waals surface area contributed by atoms with Gasteiger partial charge in [0.1, 0.15) is 6.10 Å². The van der Waals surface area contributed by atoms with Crippen molar-refractivity contribution in [1.29, 1.82) is 0 Å². The highest BCUT2D eigenvalue weighted by Gasteiger charge is 2.54. The molecule has 0 radical (unpaired) electrons. The highest BCUT2D eigenvalue weighted by molar-refractivity contribution is 5.74. The van der Waals surface area contributed by atoms with Gasteiger partial charge in [0, 0.05) is 5.92 Å². The van der Waals surface area contributed by atoms with Crippen LogP contribution < -0.4 is 0 Å². The van der Waals surface area contributed by atoms with Crippen molar-refractivity contribution in [3.63, 3.8) is 0 Å². The molecule has 2 saturated carbocycles. The van der Waals surface area contributed by atoms with Crippen molar-refractivity contribution >= 4 is 5.97 Å². The molecule has 3 aliphatic rings. The SMILES string of the molecule is C[C@@H]1CCC[C@]2(C)C[C@H]3OC(=O)[C@H](C)[C@H]3C[C@@H]12. The van der Waals surface area contributed by atoms with E-state index in [0.717, 1.165) is 18.3 Å². The third-order valence-corrected chi connectivity index (χ3v) is 5.94. The van der Waals surface area contributed by atoms with Crippen LogP contribution in [0.15, 0.2) is 0 Å². The standard InChI is InChI=1S/C15H24O2/c1-9-5-4-6-15(3)8-13-11(7-12(9)15)10(2)14(16)17-13/h9-13H,4-8H2,1-3H3/t9-,10-,11-,12+,13-,15-/m1/s1. The van der Waals surface area contributed by atoms with Crippen LogP contribution in [0, 0.1) is 29.1 Å². The molecule has 0 aromatic heterocycles. The lowest BCUT2D eigenvalue weighted by molar-refractivity contribution is -0.146. The Morgan fingerprint density at radius 2 is 2.12 bits per heavy atom. The van der Waals surface area contributed by atoms with Crippen molar-refractivity contribution in [1.82, 2.24) is 0 Å². The molecule has 2 aliphatic carbocycles. The molecule has 0 aromatic rings. The minimum atomic E-state index is 0.0508. The first-order valence-electron chi connectivity index (χ1n) is 7.22. The van der Waals surface area contributed by atoms with Crippen molar-refractivity contribution in [2.75, 3.05) is 0 Å². The monoisotopic (exact) mass is 236 g/mol. The van der Waals surface area contributed by atoms with Crippen LogP contribution in [0.5, 0.6) is 0 Å². The molecule has 1 saturated heterocycles. The first-order chi connectivity index (χ1) is 8.01. The topological polar surface area (TPSA) is 26.3 Å². The van der Waals surface area contributed by atoms with Gasteiger partial charge in [-0.1, -0.05) is 33.6 Å². The maximum atomic E-state index is 11.7. The Labute approximate surface area is 104 Å². The number of hydrogen-bond acceptors (Lipinski definition) is 2. The smallest absolute Gasteiger partial charge is 0.309 e. The Balaban J connectivity index is 1.86. The lowest BCUT2D eigenvalue weighted by Gasteiger charge is -2.51. The van der Waals surface area contributed by atoms with Crippen LogP contribution in [-0.2, 0) is 9.53 Å². The average molecular weight is 236 g/mol. The first kappa shape index (κ1) is 11.6. The van der Waals surface area contributed by atoms with E-state index in [9.17, 15) is 4.79 Å². The average Bonchev–Trinajstić information content (AvgIpc) is 2.52. The van der Waals surface area contributed by atoms with Crippen molar-refractivity contribution in [2.45, 2.75) is 59.0 Å². The molecule has 1 heterocycles. The van der Waals surface area contributed by atoms with E-state index in [4.69, 9.17) is 4.74 Å². The highest BCUT2D eigenvalue weighted by Crippen LogP contribution is 2.57. The molecule has 2 heteroatoms. The summed E-state index contributed by atoms with van der Waals surface area (Å²) in [6.45, 7) is 6.90. The molecule has 3 fully saturated rings. The summed E-state index contributed by atoms with van der Waals surface area (Å²) in [5.74, 6) is 2.33. The first-order valence-corrected chi connectivity index (χ1v) is 7.22. The number of esters is 1. The second kappa shape index (κ2) is 3.73. The molecular weight excluding hydrogens is 212 g/mol. The van der Waals surface area contributed by atoms with Crippen molar-refractivity contribution in [3.05, 3.63) is 0 Å². The quantitative estimate of drug-likeness (QED) is 0.603. The van der Waals surface area contributed by atoms with Crippen LogP contribution in [-0.4, -0.2) is 12.1 Å². The van der Waals surface area contributed by atoms with Gasteiger partial charge in [0.15, 0.2) is 0 Å². The minimum Gasteiger partial charge on any atom is -0.462 e. The van der Waals surface area contributed by atoms with E-state index < -0.39 is 0 Å². The van der Waals surface area contributed by atoms with Crippen LogP contribution in [0.2, 0.25) is 0 Å². The van der Waals surface area contributed by atoms with E-state index in [1.165, 1.54) is 25.7 Å². The predicted octanol–water partition coefficient (Wildman–Crippen LogP) is 3.40. The van der Waals surface area contributed by atoms with E-state index in [0.29, 0.717) is 11.3 Å². The van der Waals surface area contributed by atoms with Crippen molar-refractivity contribution in [3.8, 4) is 0 Å². The summed E-state index contributed by atoms with van der Waals surface area (Å²) in [6.07, 6.45) is 6.62. The summed E-state index contributed by atoms with van der Waals surface area (Å²) >= 11 is 0. The molecular formula is C15H24O2. The van der Waals surface area contributed by atoms with E-state index in [1.807, 2.05) is 0 Å². The summed E-state index contributed by atoms with van der Waals surface area (Å²) in [5, 5.41) is 0. The number of carbonyl (C=O) groups is 1. The zero-order chi connectivity index (χ0) is 12.2. The van der Waals surface area contributed by atoms with Gasteiger partial charge >= 0.3 is 5.97 Å². The molecule has 96 valence electrons. The van der Waals surface area contributed by atoms with Gasteiger partial charge in [0.2, 0.25) is 0 Å². The number of carbonyl (C=O) groups excluding carboxylic acids is 1. The Kier molecular flexibility index (Phi) is 2.53. The molecule has 1 aliphatic heterocycles. The van der Waals surface area contributed by atoms with Gasteiger partial charge in [-0.15, -0.1) is 0 Å². The fraction of sp³-hybridized carbons (Fsp3) is 0.933. The number of hydrogen-bond donors (Lipinski definition) is 0. The fourth-order valence-electron chi connectivity index (χ4n) is 4.81. The van der Waals surface area contributed by atoms with Crippen LogP contribution in [0.3, 0.4) is 0 Å². The summed E-state index contributed by atoms with van der Waals surface area (Å²) in [4.78, 5) is 11.7. The molecule has 0 unspecified atom stereocenters. The Bertz CT molecular complexity index is 338. The third-order valence-electron chi connectivity index (χ3n) is 5.94. The second-order valence-electron chi connectivity index (χ2n) is 7.00. The number of rotatable bonds is 0. The Morgan fingerprint density at radius 1 is 1.35 bits per heavy atom. The molecule has 0 spiro atoms. The zero-order valence-electron chi connectivity index (χ0n) is 11.2. The van der Waals surface area contributed by atoms with Gasteiger partial charge in [-0.3, -0.25) is 4.79 Å². The van der Waals surface area contributed by atoms with E-state index in [-0.39, 0.29) is 18.0 Å². The van der Waals surface area contributed by atoms with Gasteiger partial charge in [0.05, 0.1) is 5.92 Å². The predicted molar refractivity (Wildman–Crippen MR) is 66.4 cm³/mol. The van der Waals surface area contributed by atoms with Gasteiger partial charge in [-0.2, -0.15) is 0 Å². The zero-order valence-corrected chi connectivity index (χ0v) is 11.2. The summed E-state index contributed by atoms with van der Waals surface area (Å²) in [7, 11) is 0. The van der Waals surface area contributed by atoms with Gasteiger partial charge < -0.3 is 4.74 Å². The van der Waals surface area contributed by atoms with E-state index in [2.05, 4.69) is 20.8 Å². The summed E-state index contributed by atoms with van der Waals surface area (Å²) < 4.78 is 5.59. The lowest BCUT2D eigenvalue weighted by Crippen LogP contribution is -2.46. The maximum absolute atomic E-state index is 11.7. The molecule has 0 amide bonds. The summed E-state index contributed by atoms with van der Waals surface area (Å²) in [5.41, 5.74) is 0.434. The second-order valence-corrected chi connectivity index (χ2v) is 7.00. The third kappa shape index (κ3) is 1.63. The van der Waals surface area contributed by atoms with Crippen LogP contribution >= 0.6 is 0 Å². The van der Waals surface area contributed by atoms with Crippen molar-refractivity contribution in [2.24, 2.45) is 29.1 Å². The minimum absolute atomic E-state index is 0.0508. The molecule has 0 N–H and O–H groups in total. The Hall–Kier alpha value is -0.530. The molecule has 6 atom stereocenters. The fourth-order valence-corrected chi connectivity index (χ4v) is 4.81. The molecule has 0 bridgehead atoms. The van der Waals surface area contributed by atoms with Gasteiger partial charge in [0.25, 0.3) is 0 Å². The lowest BCUT2D eigenvalue weighted by atomic mass is 9.54.